The summed E-state index contributed by atoms with van der Waals surface area (Å²) in [7, 11) is 0. The molecule has 3 rings (SSSR count). The molecule has 0 spiro atoms. The number of aromatic hydroxyl groups is 2. The average molecular weight is 270 g/mol. The molecule has 1 aliphatic rings. The summed E-state index contributed by atoms with van der Waals surface area (Å²) >= 11 is 0. The molecule has 2 aromatic carbocycles. The number of carbonyl (C=O) groups is 1. The molecule has 0 aromatic heterocycles. The molecule has 0 bridgehead atoms. The maximum atomic E-state index is 12.3. The Kier molecular flexibility index (Phi) is 2.67. The van der Waals surface area contributed by atoms with E-state index in [-0.39, 0.29) is 35.0 Å². The van der Waals surface area contributed by atoms with Gasteiger partial charge in [0.15, 0.2) is 5.78 Å². The van der Waals surface area contributed by atoms with Crippen molar-refractivity contribution in [1.29, 1.82) is 0 Å². The van der Waals surface area contributed by atoms with Crippen molar-refractivity contribution < 1.29 is 19.7 Å². The van der Waals surface area contributed by atoms with Crippen LogP contribution in [0.25, 0.3) is 0 Å². The van der Waals surface area contributed by atoms with Crippen molar-refractivity contribution in [3.8, 4) is 23.0 Å². The van der Waals surface area contributed by atoms with E-state index in [4.69, 9.17) is 4.74 Å². The Labute approximate surface area is 116 Å². The third-order valence-electron chi connectivity index (χ3n) is 3.67. The predicted octanol–water partition coefficient (Wildman–Crippen LogP) is 3.25. The fourth-order valence-electron chi connectivity index (χ4n) is 2.45. The first-order valence-electron chi connectivity index (χ1n) is 6.33. The number of ketones is 1. The standard InChI is InChI=1S/C16H14O4/c1-8-3-4-10-5-12(18)15-13(19)6-11(17)7-14(15)20-16(10)9(8)2/h3-4,6-7,17,19H,5H2,1-2H3. The fraction of sp³-hybridized carbons (Fsp3) is 0.188. The fourth-order valence-corrected chi connectivity index (χ4v) is 2.45. The van der Waals surface area contributed by atoms with E-state index in [2.05, 4.69) is 0 Å². The lowest BCUT2D eigenvalue weighted by Crippen LogP contribution is -2.02. The quantitative estimate of drug-likeness (QED) is 0.771. The minimum atomic E-state index is -0.257. The van der Waals surface area contributed by atoms with E-state index in [9.17, 15) is 15.0 Å². The van der Waals surface area contributed by atoms with Crippen LogP contribution in [-0.4, -0.2) is 16.0 Å². The third-order valence-corrected chi connectivity index (χ3v) is 3.67. The van der Waals surface area contributed by atoms with Crippen LogP contribution in [0, 0.1) is 13.8 Å². The smallest absolute Gasteiger partial charge is 0.174 e. The minimum Gasteiger partial charge on any atom is -0.508 e. The molecule has 2 aromatic rings. The first-order chi connectivity index (χ1) is 9.47. The highest BCUT2D eigenvalue weighted by molar-refractivity contribution is 6.03. The Hall–Kier alpha value is -2.49. The van der Waals surface area contributed by atoms with Gasteiger partial charge >= 0.3 is 0 Å². The predicted molar refractivity (Wildman–Crippen MR) is 73.8 cm³/mol. The Morgan fingerprint density at radius 2 is 1.90 bits per heavy atom. The van der Waals surface area contributed by atoms with Crippen LogP contribution in [0.3, 0.4) is 0 Å². The second kappa shape index (κ2) is 4.27. The molecular formula is C16H14O4. The molecule has 4 heteroatoms. The summed E-state index contributed by atoms with van der Waals surface area (Å²) in [5.74, 6) is 0.205. The molecule has 0 saturated carbocycles. The lowest BCUT2D eigenvalue weighted by molar-refractivity contribution is 0.0991. The van der Waals surface area contributed by atoms with Gasteiger partial charge < -0.3 is 14.9 Å². The van der Waals surface area contributed by atoms with Gasteiger partial charge in [-0.3, -0.25) is 4.79 Å². The summed E-state index contributed by atoms with van der Waals surface area (Å²) in [6, 6.07) is 6.30. The van der Waals surface area contributed by atoms with Gasteiger partial charge in [-0.05, 0) is 25.0 Å². The van der Waals surface area contributed by atoms with Crippen LogP contribution in [0.5, 0.6) is 23.0 Å². The number of hydrogen-bond acceptors (Lipinski definition) is 4. The van der Waals surface area contributed by atoms with Gasteiger partial charge in [-0.15, -0.1) is 0 Å². The molecule has 0 fully saturated rings. The molecule has 1 aliphatic heterocycles. The SMILES string of the molecule is Cc1ccc2c(c1C)Oc1cc(O)cc(O)c1C(=O)C2. The monoisotopic (exact) mass is 270 g/mol. The topological polar surface area (TPSA) is 66.8 Å². The summed E-state index contributed by atoms with van der Waals surface area (Å²) in [5.41, 5.74) is 2.92. The van der Waals surface area contributed by atoms with Crippen molar-refractivity contribution in [2.75, 3.05) is 0 Å². The Bertz CT molecular complexity index is 732. The van der Waals surface area contributed by atoms with Crippen LogP contribution in [0.4, 0.5) is 0 Å². The van der Waals surface area contributed by atoms with Crippen LogP contribution in [-0.2, 0) is 6.42 Å². The highest BCUT2D eigenvalue weighted by Gasteiger charge is 2.26. The molecule has 20 heavy (non-hydrogen) atoms. The van der Waals surface area contributed by atoms with Gasteiger partial charge in [0, 0.05) is 24.1 Å². The summed E-state index contributed by atoms with van der Waals surface area (Å²) in [6.07, 6.45) is 0.168. The van der Waals surface area contributed by atoms with E-state index in [1.807, 2.05) is 26.0 Å². The molecule has 0 atom stereocenters. The van der Waals surface area contributed by atoms with Crippen LogP contribution < -0.4 is 4.74 Å². The highest BCUT2D eigenvalue weighted by Crippen LogP contribution is 2.42. The lowest BCUT2D eigenvalue weighted by Gasteiger charge is -2.13. The number of fused-ring (bicyclic) bond motifs is 2. The van der Waals surface area contributed by atoms with E-state index in [0.717, 1.165) is 22.8 Å². The van der Waals surface area contributed by atoms with Gasteiger partial charge in [0.1, 0.15) is 28.6 Å². The number of ether oxygens (including phenoxy) is 1. The van der Waals surface area contributed by atoms with Gasteiger partial charge in [0.2, 0.25) is 0 Å². The Morgan fingerprint density at radius 3 is 2.65 bits per heavy atom. The van der Waals surface area contributed by atoms with Crippen LogP contribution in [0.2, 0.25) is 0 Å². The number of rotatable bonds is 0. The Balaban J connectivity index is 2.26. The van der Waals surface area contributed by atoms with Gasteiger partial charge in [0.25, 0.3) is 0 Å². The molecule has 0 radical (unpaired) electrons. The molecule has 0 amide bonds. The van der Waals surface area contributed by atoms with Crippen molar-refractivity contribution in [3.63, 3.8) is 0 Å². The number of aryl methyl sites for hydroxylation is 1. The van der Waals surface area contributed by atoms with Crippen molar-refractivity contribution in [1.82, 2.24) is 0 Å². The van der Waals surface area contributed by atoms with Crippen LogP contribution >= 0.6 is 0 Å². The zero-order chi connectivity index (χ0) is 14.4. The van der Waals surface area contributed by atoms with Crippen molar-refractivity contribution in [3.05, 3.63) is 46.5 Å². The second-order valence-corrected chi connectivity index (χ2v) is 5.04. The number of phenols is 2. The Morgan fingerprint density at radius 1 is 1.15 bits per heavy atom. The molecule has 0 unspecified atom stereocenters. The maximum absolute atomic E-state index is 12.3. The summed E-state index contributed by atoms with van der Waals surface area (Å²) in [5, 5.41) is 19.4. The maximum Gasteiger partial charge on any atom is 0.174 e. The molecule has 0 saturated heterocycles. The number of phenolic OH excluding ortho intramolecular Hbond substituents is 2. The average Bonchev–Trinajstić information content (AvgIpc) is 2.50. The highest BCUT2D eigenvalue weighted by atomic mass is 16.5. The number of carbonyl (C=O) groups excluding carboxylic acids is 1. The van der Waals surface area contributed by atoms with E-state index < -0.39 is 0 Å². The number of Topliss-reactive ketones (excluding diaryl/α,β-unsaturated/α-hetero) is 1. The zero-order valence-corrected chi connectivity index (χ0v) is 11.2. The molecular weight excluding hydrogens is 256 g/mol. The van der Waals surface area contributed by atoms with Crippen LogP contribution in [0.15, 0.2) is 24.3 Å². The largest absolute Gasteiger partial charge is 0.508 e. The second-order valence-electron chi connectivity index (χ2n) is 5.04. The minimum absolute atomic E-state index is 0.121. The number of hydrogen-bond donors (Lipinski definition) is 2. The molecule has 1 heterocycles. The van der Waals surface area contributed by atoms with Gasteiger partial charge in [-0.25, -0.2) is 0 Å². The molecule has 0 aliphatic carbocycles. The molecule has 2 N–H and O–H groups in total. The first kappa shape index (κ1) is 12.5. The van der Waals surface area contributed by atoms with Gasteiger partial charge in [0.05, 0.1) is 0 Å². The van der Waals surface area contributed by atoms with Crippen molar-refractivity contribution >= 4 is 5.78 Å². The summed E-state index contributed by atoms with van der Waals surface area (Å²) < 4.78 is 5.81. The zero-order valence-electron chi connectivity index (χ0n) is 11.2. The summed E-state index contributed by atoms with van der Waals surface area (Å²) in [6.45, 7) is 3.89. The molecule has 102 valence electrons. The van der Waals surface area contributed by atoms with E-state index in [0.29, 0.717) is 5.75 Å². The van der Waals surface area contributed by atoms with Gasteiger partial charge in [-0.1, -0.05) is 12.1 Å². The van der Waals surface area contributed by atoms with E-state index in [1.54, 1.807) is 0 Å². The van der Waals surface area contributed by atoms with E-state index in [1.165, 1.54) is 6.07 Å². The normalized spacial score (nSPS) is 13.2. The third kappa shape index (κ3) is 1.81. The molecule has 4 nitrogen and oxygen atoms in total. The first-order valence-corrected chi connectivity index (χ1v) is 6.33. The van der Waals surface area contributed by atoms with Crippen molar-refractivity contribution in [2.24, 2.45) is 0 Å². The van der Waals surface area contributed by atoms with E-state index >= 15 is 0 Å². The summed E-state index contributed by atoms with van der Waals surface area (Å²) in [4.78, 5) is 12.3. The van der Waals surface area contributed by atoms with Crippen molar-refractivity contribution in [2.45, 2.75) is 20.3 Å². The van der Waals surface area contributed by atoms with Crippen LogP contribution in [0.1, 0.15) is 27.0 Å². The van der Waals surface area contributed by atoms with Gasteiger partial charge in [-0.2, -0.15) is 0 Å². The number of benzene rings is 2. The lowest BCUT2D eigenvalue weighted by atomic mass is 9.99.